The van der Waals surface area contributed by atoms with Crippen molar-refractivity contribution in [2.75, 3.05) is 6.61 Å². The molecule has 6 nitrogen and oxygen atoms in total. The fraction of sp³-hybridized carbons (Fsp3) is 0.211. The van der Waals surface area contributed by atoms with E-state index in [1.807, 2.05) is 61.5 Å². The zero-order valence-electron chi connectivity index (χ0n) is 14.1. The van der Waals surface area contributed by atoms with Gasteiger partial charge in [-0.1, -0.05) is 49.4 Å². The normalized spacial score (nSPS) is 10.4. The monoisotopic (exact) mass is 339 g/mol. The Morgan fingerprint density at radius 1 is 1.04 bits per heavy atom. The van der Waals surface area contributed by atoms with Crippen molar-refractivity contribution in [2.45, 2.75) is 19.9 Å². The first kappa shape index (κ1) is 18.2. The van der Waals surface area contributed by atoms with E-state index in [1.54, 1.807) is 0 Å². The maximum Gasteiger partial charge on any atom is 0.329 e. The molecule has 0 aliphatic carbocycles. The smallest absolute Gasteiger partial charge is 0.329 e. The summed E-state index contributed by atoms with van der Waals surface area (Å²) in [6.45, 7) is 2.90. The highest BCUT2D eigenvalue weighted by Crippen LogP contribution is 2.15. The van der Waals surface area contributed by atoms with Gasteiger partial charge in [0.05, 0.1) is 12.8 Å². The molecule has 0 aromatic heterocycles. The first-order chi connectivity index (χ1) is 12.2. The van der Waals surface area contributed by atoms with E-state index in [1.165, 1.54) is 6.21 Å². The predicted molar refractivity (Wildman–Crippen MR) is 96.3 cm³/mol. The van der Waals surface area contributed by atoms with E-state index in [0.717, 1.165) is 17.5 Å². The van der Waals surface area contributed by atoms with Crippen LogP contribution in [0.3, 0.4) is 0 Å². The number of rotatable bonds is 7. The molecule has 25 heavy (non-hydrogen) atoms. The summed E-state index contributed by atoms with van der Waals surface area (Å²) in [5.41, 5.74) is 3.85. The van der Waals surface area contributed by atoms with Crippen LogP contribution in [0.2, 0.25) is 0 Å². The van der Waals surface area contributed by atoms with Crippen LogP contribution in [-0.2, 0) is 16.1 Å². The molecule has 2 aromatic carbocycles. The molecule has 0 atom stereocenters. The number of nitrogens with one attached hydrogen (secondary N) is 2. The highest BCUT2D eigenvalue weighted by atomic mass is 16.5. The number of hydrogen-bond donors (Lipinski definition) is 2. The van der Waals surface area contributed by atoms with Crippen LogP contribution in [0.15, 0.2) is 59.7 Å². The lowest BCUT2D eigenvalue weighted by Crippen LogP contribution is -2.37. The van der Waals surface area contributed by atoms with Crippen molar-refractivity contribution < 1.29 is 14.3 Å². The second-order valence-electron chi connectivity index (χ2n) is 5.25. The fourth-order valence-corrected chi connectivity index (χ4v) is 2.00. The lowest BCUT2D eigenvalue weighted by molar-refractivity contribution is -0.139. The van der Waals surface area contributed by atoms with E-state index in [-0.39, 0.29) is 6.54 Å². The van der Waals surface area contributed by atoms with Crippen molar-refractivity contribution in [3.63, 3.8) is 0 Å². The first-order valence-electron chi connectivity index (χ1n) is 8.07. The third kappa shape index (κ3) is 6.10. The number of carbonyl (C=O) groups excluding carboxylic acids is 2. The number of para-hydroxylation sites is 1. The van der Waals surface area contributed by atoms with Gasteiger partial charge in [0.2, 0.25) is 0 Å². The lowest BCUT2D eigenvalue weighted by atomic mass is 10.2. The van der Waals surface area contributed by atoms with Crippen molar-refractivity contribution >= 4 is 18.0 Å². The van der Waals surface area contributed by atoms with Crippen LogP contribution in [0.1, 0.15) is 24.5 Å². The zero-order chi connectivity index (χ0) is 17.9. The Morgan fingerprint density at radius 2 is 1.76 bits per heavy atom. The Labute approximate surface area is 146 Å². The van der Waals surface area contributed by atoms with Gasteiger partial charge >= 0.3 is 11.8 Å². The molecule has 0 heterocycles. The van der Waals surface area contributed by atoms with Crippen LogP contribution in [0.4, 0.5) is 0 Å². The molecule has 0 fully saturated rings. The van der Waals surface area contributed by atoms with Crippen LogP contribution < -0.4 is 15.5 Å². The predicted octanol–water partition coefficient (Wildman–Crippen LogP) is 2.24. The molecular weight excluding hydrogens is 318 g/mol. The Morgan fingerprint density at radius 3 is 2.52 bits per heavy atom. The summed E-state index contributed by atoms with van der Waals surface area (Å²) in [5.74, 6) is -0.883. The van der Waals surface area contributed by atoms with Crippen LogP contribution in [0, 0.1) is 0 Å². The quantitative estimate of drug-likeness (QED) is 0.461. The molecule has 0 radical (unpaired) electrons. The number of hydrogen-bond acceptors (Lipinski definition) is 4. The summed E-state index contributed by atoms with van der Waals surface area (Å²) in [7, 11) is 0. The molecule has 2 aromatic rings. The second kappa shape index (κ2) is 9.87. The van der Waals surface area contributed by atoms with Gasteiger partial charge < -0.3 is 10.1 Å². The van der Waals surface area contributed by atoms with Gasteiger partial charge in [-0.2, -0.15) is 5.10 Å². The Hall–Kier alpha value is -3.15. The summed E-state index contributed by atoms with van der Waals surface area (Å²) < 4.78 is 5.60. The lowest BCUT2D eigenvalue weighted by Gasteiger charge is -2.07. The zero-order valence-corrected chi connectivity index (χ0v) is 14.1. The van der Waals surface area contributed by atoms with E-state index in [9.17, 15) is 9.59 Å². The average Bonchev–Trinajstić information content (AvgIpc) is 2.66. The van der Waals surface area contributed by atoms with Gasteiger partial charge in [0.25, 0.3) is 0 Å². The van der Waals surface area contributed by atoms with Gasteiger partial charge in [0.15, 0.2) is 0 Å². The number of amides is 2. The van der Waals surface area contributed by atoms with Crippen molar-refractivity contribution in [1.29, 1.82) is 0 Å². The molecule has 6 heteroatoms. The molecule has 0 aliphatic rings. The Balaban J connectivity index is 1.84. The maximum absolute atomic E-state index is 11.7. The van der Waals surface area contributed by atoms with E-state index >= 15 is 0 Å². The molecular formula is C19H21N3O3. The molecule has 0 saturated carbocycles. The molecule has 0 unspecified atom stereocenters. The Kier molecular flexibility index (Phi) is 7.18. The standard InChI is InChI=1S/C19H21N3O3/c1-2-12-25-17-11-7-6-10-16(17)14-21-22-19(24)18(23)20-13-15-8-4-3-5-9-15/h3-11,14H,2,12-13H2,1H3,(H,20,23)(H,22,24)/b21-14-. The largest absolute Gasteiger partial charge is 0.493 e. The van der Waals surface area contributed by atoms with Crippen molar-refractivity contribution in [3.05, 3.63) is 65.7 Å². The molecule has 130 valence electrons. The van der Waals surface area contributed by atoms with Gasteiger partial charge in [-0.3, -0.25) is 9.59 Å². The summed E-state index contributed by atoms with van der Waals surface area (Å²) in [5, 5.41) is 6.36. The van der Waals surface area contributed by atoms with Gasteiger partial charge in [-0.25, -0.2) is 5.43 Å². The summed E-state index contributed by atoms with van der Waals surface area (Å²) >= 11 is 0. The molecule has 2 amide bonds. The molecule has 2 N–H and O–H groups in total. The van der Waals surface area contributed by atoms with Crippen LogP contribution in [-0.4, -0.2) is 24.6 Å². The number of nitrogens with zero attached hydrogens (tertiary/aromatic N) is 1. The minimum absolute atomic E-state index is 0.282. The van der Waals surface area contributed by atoms with Gasteiger partial charge in [0, 0.05) is 12.1 Å². The van der Waals surface area contributed by atoms with Gasteiger partial charge in [-0.05, 0) is 24.1 Å². The topological polar surface area (TPSA) is 79.8 Å². The fourth-order valence-electron chi connectivity index (χ4n) is 2.00. The van der Waals surface area contributed by atoms with Gasteiger partial charge in [0.1, 0.15) is 5.75 Å². The third-order valence-corrected chi connectivity index (χ3v) is 3.25. The first-order valence-corrected chi connectivity index (χ1v) is 8.07. The minimum Gasteiger partial charge on any atom is -0.493 e. The number of carbonyl (C=O) groups is 2. The average molecular weight is 339 g/mol. The highest BCUT2D eigenvalue weighted by Gasteiger charge is 2.11. The third-order valence-electron chi connectivity index (χ3n) is 3.25. The van der Waals surface area contributed by atoms with E-state index in [2.05, 4.69) is 15.8 Å². The molecule has 0 aliphatic heterocycles. The molecule has 2 rings (SSSR count). The number of benzene rings is 2. The van der Waals surface area contributed by atoms with Crippen molar-refractivity contribution in [2.24, 2.45) is 5.10 Å². The highest BCUT2D eigenvalue weighted by molar-refractivity contribution is 6.35. The van der Waals surface area contributed by atoms with Gasteiger partial charge in [-0.15, -0.1) is 0 Å². The van der Waals surface area contributed by atoms with Crippen LogP contribution in [0.25, 0.3) is 0 Å². The summed E-state index contributed by atoms with van der Waals surface area (Å²) in [4.78, 5) is 23.5. The SMILES string of the molecule is CCCOc1ccccc1/C=N\NC(=O)C(=O)NCc1ccccc1. The molecule has 0 spiro atoms. The van der Waals surface area contributed by atoms with E-state index < -0.39 is 11.8 Å². The van der Waals surface area contributed by atoms with E-state index in [0.29, 0.717) is 12.4 Å². The summed E-state index contributed by atoms with van der Waals surface area (Å²) in [6.07, 6.45) is 2.34. The van der Waals surface area contributed by atoms with Crippen molar-refractivity contribution in [3.8, 4) is 5.75 Å². The Bertz CT molecular complexity index is 730. The summed E-state index contributed by atoms with van der Waals surface area (Å²) in [6, 6.07) is 16.7. The molecule has 0 saturated heterocycles. The van der Waals surface area contributed by atoms with Crippen LogP contribution in [0.5, 0.6) is 5.75 Å². The van der Waals surface area contributed by atoms with Crippen LogP contribution >= 0.6 is 0 Å². The number of ether oxygens (including phenoxy) is 1. The van der Waals surface area contributed by atoms with Crippen molar-refractivity contribution in [1.82, 2.24) is 10.7 Å². The van der Waals surface area contributed by atoms with E-state index in [4.69, 9.17) is 4.74 Å². The second-order valence-corrected chi connectivity index (χ2v) is 5.25. The maximum atomic E-state index is 11.7. The number of hydrazone groups is 1. The molecule has 0 bridgehead atoms. The minimum atomic E-state index is -0.820.